The zero-order valence-corrected chi connectivity index (χ0v) is 14.6. The highest BCUT2D eigenvalue weighted by atomic mass is 35.5. The van der Waals surface area contributed by atoms with Gasteiger partial charge in [0.25, 0.3) is 0 Å². The molecule has 1 nitrogen and oxygen atoms in total. The summed E-state index contributed by atoms with van der Waals surface area (Å²) < 4.78 is 0. The molecule has 4 rings (SSSR count). The second-order valence-electron chi connectivity index (χ2n) is 8.66. The number of fused-ring (bicyclic) bond motifs is 5. The van der Waals surface area contributed by atoms with Gasteiger partial charge in [-0.25, -0.2) is 0 Å². The molecule has 4 aliphatic rings. The molecule has 3 fully saturated rings. The van der Waals surface area contributed by atoms with E-state index in [0.717, 1.165) is 24.7 Å². The van der Waals surface area contributed by atoms with E-state index >= 15 is 0 Å². The van der Waals surface area contributed by atoms with Crippen LogP contribution in [0.15, 0.2) is 23.8 Å². The van der Waals surface area contributed by atoms with Crippen LogP contribution in [-0.4, -0.2) is 11.2 Å². The molecule has 0 aromatic rings. The quantitative estimate of drug-likeness (QED) is 0.438. The summed E-state index contributed by atoms with van der Waals surface area (Å²) in [4.78, 5) is 11.9. The highest BCUT2D eigenvalue weighted by molar-refractivity contribution is 6.23. The van der Waals surface area contributed by atoms with Gasteiger partial charge in [0.1, 0.15) is 0 Å². The second kappa shape index (κ2) is 4.72. The third-order valence-electron chi connectivity index (χ3n) is 7.89. The van der Waals surface area contributed by atoms with Gasteiger partial charge < -0.3 is 0 Å². The number of rotatable bonds is 0. The van der Waals surface area contributed by atoms with Crippen molar-refractivity contribution in [1.82, 2.24) is 0 Å². The lowest BCUT2D eigenvalue weighted by molar-refractivity contribution is -0.117. The number of carbonyl (C=O) groups is 1. The topological polar surface area (TPSA) is 17.1 Å². The maximum atomic E-state index is 11.9. The molecule has 0 radical (unpaired) electrons. The fourth-order valence-corrected chi connectivity index (χ4v) is 6.98. The molecule has 22 heavy (non-hydrogen) atoms. The van der Waals surface area contributed by atoms with Crippen molar-refractivity contribution in [1.29, 1.82) is 0 Å². The normalized spacial score (nSPS) is 51.0. The van der Waals surface area contributed by atoms with Crippen LogP contribution in [0.25, 0.3) is 0 Å². The van der Waals surface area contributed by atoms with E-state index in [2.05, 4.69) is 20.4 Å². The summed E-state index contributed by atoms with van der Waals surface area (Å²) in [5, 5.41) is 0.0618. The fraction of sp³-hybridized carbons (Fsp3) is 0.750. The zero-order chi connectivity index (χ0) is 15.7. The van der Waals surface area contributed by atoms with Gasteiger partial charge in [-0.2, -0.15) is 0 Å². The largest absolute Gasteiger partial charge is 0.295 e. The van der Waals surface area contributed by atoms with E-state index in [1.807, 2.05) is 6.08 Å². The van der Waals surface area contributed by atoms with Crippen molar-refractivity contribution in [3.63, 3.8) is 0 Å². The van der Waals surface area contributed by atoms with Crippen LogP contribution in [0, 0.1) is 28.6 Å². The van der Waals surface area contributed by atoms with Crippen molar-refractivity contribution in [3.05, 3.63) is 23.8 Å². The van der Waals surface area contributed by atoms with Crippen LogP contribution in [0.2, 0.25) is 0 Å². The Balaban J connectivity index is 1.74. The van der Waals surface area contributed by atoms with E-state index < -0.39 is 0 Å². The summed E-state index contributed by atoms with van der Waals surface area (Å²) in [7, 11) is 0. The minimum Gasteiger partial charge on any atom is -0.295 e. The highest BCUT2D eigenvalue weighted by Gasteiger charge is 2.58. The lowest BCUT2D eigenvalue weighted by Gasteiger charge is -2.58. The first kappa shape index (κ1) is 15.0. The van der Waals surface area contributed by atoms with Gasteiger partial charge in [-0.05, 0) is 78.8 Å². The molecule has 120 valence electrons. The van der Waals surface area contributed by atoms with Crippen LogP contribution in [0.1, 0.15) is 58.8 Å². The van der Waals surface area contributed by atoms with Crippen molar-refractivity contribution in [2.45, 2.75) is 64.2 Å². The van der Waals surface area contributed by atoms with Crippen LogP contribution < -0.4 is 0 Å². The Morgan fingerprint density at radius 2 is 1.86 bits per heavy atom. The monoisotopic (exact) mass is 318 g/mol. The molecule has 0 aromatic heterocycles. The minimum absolute atomic E-state index is 0.0618. The van der Waals surface area contributed by atoms with E-state index in [0.29, 0.717) is 17.8 Å². The predicted molar refractivity (Wildman–Crippen MR) is 90.9 cm³/mol. The molecule has 0 saturated heterocycles. The number of carbonyl (C=O) groups excluding carboxylic acids is 1. The van der Waals surface area contributed by atoms with Crippen LogP contribution in [0.4, 0.5) is 0 Å². The van der Waals surface area contributed by atoms with E-state index in [9.17, 15) is 4.79 Å². The summed E-state index contributed by atoms with van der Waals surface area (Å²) >= 11 is 6.79. The van der Waals surface area contributed by atoms with Crippen LogP contribution >= 0.6 is 11.6 Å². The Labute approximate surface area is 139 Å². The van der Waals surface area contributed by atoms with Gasteiger partial charge >= 0.3 is 0 Å². The molecular weight excluding hydrogens is 292 g/mol. The second-order valence-corrected chi connectivity index (χ2v) is 9.19. The van der Waals surface area contributed by atoms with Gasteiger partial charge in [-0.15, -0.1) is 11.6 Å². The van der Waals surface area contributed by atoms with E-state index in [1.165, 1.54) is 36.8 Å². The number of allylic oxidation sites excluding steroid dienone is 2. The molecule has 6 atom stereocenters. The third kappa shape index (κ3) is 1.81. The molecule has 0 N–H and O–H groups in total. The fourth-order valence-electron chi connectivity index (χ4n) is 6.47. The lowest BCUT2D eigenvalue weighted by Crippen LogP contribution is -2.52. The van der Waals surface area contributed by atoms with E-state index in [1.54, 1.807) is 0 Å². The van der Waals surface area contributed by atoms with Crippen molar-refractivity contribution in [2.75, 3.05) is 0 Å². The number of hydrogen-bond acceptors (Lipinski definition) is 1. The molecular formula is C20H27ClO. The van der Waals surface area contributed by atoms with Gasteiger partial charge in [-0.1, -0.05) is 26.0 Å². The van der Waals surface area contributed by atoms with Crippen LogP contribution in [-0.2, 0) is 4.79 Å². The summed E-state index contributed by atoms with van der Waals surface area (Å²) in [5.74, 6) is 2.48. The first-order valence-corrected chi connectivity index (χ1v) is 9.37. The lowest BCUT2D eigenvalue weighted by atomic mass is 9.47. The van der Waals surface area contributed by atoms with Gasteiger partial charge in [0.2, 0.25) is 0 Å². The van der Waals surface area contributed by atoms with Gasteiger partial charge in [0, 0.05) is 6.42 Å². The van der Waals surface area contributed by atoms with Crippen LogP contribution in [0.5, 0.6) is 0 Å². The molecule has 3 saturated carbocycles. The molecule has 0 aromatic carbocycles. The Bertz CT molecular complexity index is 576. The number of alkyl halides is 1. The van der Waals surface area contributed by atoms with Crippen molar-refractivity contribution in [3.8, 4) is 0 Å². The van der Waals surface area contributed by atoms with Gasteiger partial charge in [0.15, 0.2) is 5.78 Å². The molecule has 6 unspecified atom stereocenters. The third-order valence-corrected chi connectivity index (χ3v) is 8.31. The summed E-state index contributed by atoms with van der Waals surface area (Å²) in [6.45, 7) is 9.23. The average molecular weight is 319 g/mol. The number of halogens is 1. The Hall–Kier alpha value is -0.560. The molecule has 0 aliphatic heterocycles. The zero-order valence-electron chi connectivity index (χ0n) is 13.8. The van der Waals surface area contributed by atoms with Gasteiger partial charge in [0.05, 0.1) is 5.38 Å². The van der Waals surface area contributed by atoms with Crippen molar-refractivity contribution >= 4 is 17.4 Å². The smallest absolute Gasteiger partial charge is 0.155 e. The van der Waals surface area contributed by atoms with Gasteiger partial charge in [-0.3, -0.25) is 4.79 Å². The first-order chi connectivity index (χ1) is 10.4. The minimum atomic E-state index is 0.0618. The molecule has 2 heteroatoms. The summed E-state index contributed by atoms with van der Waals surface area (Å²) in [5.41, 5.74) is 3.24. The molecule has 4 aliphatic carbocycles. The van der Waals surface area contributed by atoms with Crippen molar-refractivity contribution in [2.24, 2.45) is 28.6 Å². The molecule has 0 bridgehead atoms. The Morgan fingerprint density at radius 1 is 1.14 bits per heavy atom. The summed E-state index contributed by atoms with van der Waals surface area (Å²) in [6.07, 6.45) is 9.74. The predicted octanol–water partition coefficient (Wildman–Crippen LogP) is 5.29. The number of ketones is 1. The Morgan fingerprint density at radius 3 is 2.64 bits per heavy atom. The maximum Gasteiger partial charge on any atom is 0.155 e. The average Bonchev–Trinajstić information content (AvgIpc) is 2.77. The summed E-state index contributed by atoms with van der Waals surface area (Å²) in [6, 6.07) is 0. The Kier molecular flexibility index (Phi) is 3.22. The standard InChI is InChI=1S/C20H27ClO/c1-12-4-5-15-14-11-18(21)17-10-13(22)6-8-20(17,3)16(14)7-9-19(12,15)2/h10,14-16,18H,1,4-9,11H2,2-3H3. The first-order valence-electron chi connectivity index (χ1n) is 8.93. The molecule has 0 amide bonds. The SMILES string of the molecule is C=C1CCC2C3CC(Cl)C4=CC(=O)CCC4(C)C3CCC12C. The molecule has 0 heterocycles. The van der Waals surface area contributed by atoms with Crippen LogP contribution in [0.3, 0.4) is 0 Å². The highest BCUT2D eigenvalue weighted by Crippen LogP contribution is 2.66. The molecule has 0 spiro atoms. The number of hydrogen-bond donors (Lipinski definition) is 0. The van der Waals surface area contributed by atoms with Crippen molar-refractivity contribution < 1.29 is 4.79 Å². The van der Waals surface area contributed by atoms with E-state index in [-0.39, 0.29) is 16.6 Å². The van der Waals surface area contributed by atoms with E-state index in [4.69, 9.17) is 11.6 Å². The maximum absolute atomic E-state index is 11.9.